The first-order valence-corrected chi connectivity index (χ1v) is 11.8. The number of hydrogen-bond acceptors (Lipinski definition) is 5. The Morgan fingerprint density at radius 2 is 2.07 bits per heavy atom. The Balaban J connectivity index is 1.43. The van der Waals surface area contributed by atoms with Gasteiger partial charge in [-0.1, -0.05) is 38.5 Å². The highest BCUT2D eigenvalue weighted by Crippen LogP contribution is 2.34. The van der Waals surface area contributed by atoms with Crippen LogP contribution in [-0.4, -0.2) is 27.7 Å². The van der Waals surface area contributed by atoms with Crippen LogP contribution in [-0.2, 0) is 17.6 Å². The maximum atomic E-state index is 12.6. The second kappa shape index (κ2) is 7.95. The summed E-state index contributed by atoms with van der Waals surface area (Å²) in [5.41, 5.74) is 1.14. The van der Waals surface area contributed by atoms with Gasteiger partial charge in [0.1, 0.15) is 4.83 Å². The van der Waals surface area contributed by atoms with Crippen LogP contribution in [0.5, 0.6) is 0 Å². The molecule has 0 bridgehead atoms. The van der Waals surface area contributed by atoms with Crippen molar-refractivity contribution in [1.82, 2.24) is 15.3 Å². The average molecular weight is 406 g/mol. The normalized spacial score (nSPS) is 25.3. The van der Waals surface area contributed by atoms with Crippen LogP contribution in [0, 0.1) is 11.8 Å². The topological polar surface area (TPSA) is 74.8 Å². The number of thiophene rings is 1. The molecule has 0 aromatic carbocycles. The lowest BCUT2D eigenvalue weighted by Crippen LogP contribution is -2.44. The standard InChI is InChI=1S/C20H27N3O2S2/c1-11-6-5-8-14(12(11)2)21-16(24)10-26-20-22-18(25)17-13-7-3-4-9-15(13)27-19(17)23-20/h11-12,14H,3-10H2,1-2H3,(H,21,24)(H,22,23,25). The van der Waals surface area contributed by atoms with E-state index in [0.29, 0.717) is 17.0 Å². The minimum absolute atomic E-state index is 0.0270. The number of nitrogens with one attached hydrogen (secondary N) is 2. The predicted molar refractivity (Wildman–Crippen MR) is 112 cm³/mol. The highest BCUT2D eigenvalue weighted by atomic mass is 32.2. The number of fused-ring (bicyclic) bond motifs is 3. The van der Waals surface area contributed by atoms with Crippen LogP contribution in [0.3, 0.4) is 0 Å². The van der Waals surface area contributed by atoms with Crippen LogP contribution in [0.25, 0.3) is 10.2 Å². The number of nitrogens with zero attached hydrogens (tertiary/aromatic N) is 1. The summed E-state index contributed by atoms with van der Waals surface area (Å²) < 4.78 is 0. The number of aryl methyl sites for hydroxylation is 2. The fraction of sp³-hybridized carbons (Fsp3) is 0.650. The number of aromatic nitrogens is 2. The lowest BCUT2D eigenvalue weighted by Gasteiger charge is -2.34. The summed E-state index contributed by atoms with van der Waals surface area (Å²) in [6.45, 7) is 4.50. The zero-order valence-corrected chi connectivity index (χ0v) is 17.6. The molecule has 27 heavy (non-hydrogen) atoms. The smallest absolute Gasteiger partial charge is 0.260 e. The van der Waals surface area contributed by atoms with Crippen LogP contribution in [0.2, 0.25) is 0 Å². The quantitative estimate of drug-likeness (QED) is 0.598. The SMILES string of the molecule is CC1CCCC(NC(=O)CSc2nc3sc4c(c3c(=O)[nH]2)CCCC4)C1C. The zero-order chi connectivity index (χ0) is 19.0. The lowest BCUT2D eigenvalue weighted by atomic mass is 9.78. The Hall–Kier alpha value is -1.34. The van der Waals surface area contributed by atoms with Crippen molar-refractivity contribution in [3.8, 4) is 0 Å². The number of aromatic amines is 1. The summed E-state index contributed by atoms with van der Waals surface area (Å²) in [7, 11) is 0. The van der Waals surface area contributed by atoms with Crippen molar-refractivity contribution < 1.29 is 4.79 Å². The predicted octanol–water partition coefficient (Wildman–Crippen LogP) is 3.90. The van der Waals surface area contributed by atoms with Crippen LogP contribution in [0.4, 0.5) is 0 Å². The van der Waals surface area contributed by atoms with Gasteiger partial charge in [-0.15, -0.1) is 11.3 Å². The largest absolute Gasteiger partial charge is 0.352 e. The number of thioether (sulfide) groups is 1. The van der Waals surface area contributed by atoms with E-state index in [1.54, 1.807) is 11.3 Å². The first-order valence-electron chi connectivity index (χ1n) is 9.99. The molecule has 5 nitrogen and oxygen atoms in total. The van der Waals surface area contributed by atoms with E-state index in [9.17, 15) is 9.59 Å². The van der Waals surface area contributed by atoms with Gasteiger partial charge in [-0.25, -0.2) is 4.98 Å². The van der Waals surface area contributed by atoms with Crippen molar-refractivity contribution in [1.29, 1.82) is 0 Å². The van der Waals surface area contributed by atoms with Gasteiger partial charge < -0.3 is 10.3 Å². The summed E-state index contributed by atoms with van der Waals surface area (Å²) in [5.74, 6) is 1.48. The third-order valence-electron chi connectivity index (χ3n) is 6.20. The zero-order valence-electron chi connectivity index (χ0n) is 16.0. The van der Waals surface area contributed by atoms with Gasteiger partial charge in [-0.2, -0.15) is 0 Å². The molecule has 2 aromatic rings. The van der Waals surface area contributed by atoms with Gasteiger partial charge in [0.05, 0.1) is 11.1 Å². The molecule has 0 aliphatic heterocycles. The van der Waals surface area contributed by atoms with Crippen molar-refractivity contribution in [2.45, 2.75) is 70.0 Å². The molecule has 2 N–H and O–H groups in total. The molecule has 2 aromatic heterocycles. The van der Waals surface area contributed by atoms with Crippen LogP contribution in [0.15, 0.2) is 9.95 Å². The molecule has 3 atom stereocenters. The number of carbonyl (C=O) groups excluding carboxylic acids is 1. The van der Waals surface area contributed by atoms with Crippen LogP contribution in [0.1, 0.15) is 56.4 Å². The molecular weight excluding hydrogens is 378 g/mol. The highest BCUT2D eigenvalue weighted by molar-refractivity contribution is 7.99. The van der Waals surface area contributed by atoms with E-state index in [1.165, 1.54) is 41.5 Å². The van der Waals surface area contributed by atoms with Crippen molar-refractivity contribution in [3.63, 3.8) is 0 Å². The van der Waals surface area contributed by atoms with Gasteiger partial charge in [0, 0.05) is 10.9 Å². The minimum atomic E-state index is -0.0583. The number of carbonyl (C=O) groups is 1. The van der Waals surface area contributed by atoms with Gasteiger partial charge in [0.15, 0.2) is 5.16 Å². The van der Waals surface area contributed by atoms with Gasteiger partial charge in [0.25, 0.3) is 5.56 Å². The van der Waals surface area contributed by atoms with Gasteiger partial charge >= 0.3 is 0 Å². The second-order valence-electron chi connectivity index (χ2n) is 7.99. The van der Waals surface area contributed by atoms with Gasteiger partial charge in [-0.05, 0) is 49.5 Å². The van der Waals surface area contributed by atoms with Gasteiger partial charge in [-0.3, -0.25) is 9.59 Å². The molecule has 1 saturated carbocycles. The fourth-order valence-corrected chi connectivity index (χ4v) is 6.37. The number of hydrogen-bond donors (Lipinski definition) is 2. The summed E-state index contributed by atoms with van der Waals surface area (Å²) >= 11 is 2.97. The first-order chi connectivity index (χ1) is 13.0. The van der Waals surface area contributed by atoms with E-state index < -0.39 is 0 Å². The van der Waals surface area contributed by atoms with Crippen molar-refractivity contribution in [2.24, 2.45) is 11.8 Å². The first kappa shape index (κ1) is 19.0. The molecule has 0 saturated heterocycles. The number of rotatable bonds is 4. The summed E-state index contributed by atoms with van der Waals surface area (Å²) in [5, 5.41) is 4.50. The van der Waals surface area contributed by atoms with E-state index in [1.807, 2.05) is 0 Å². The third kappa shape index (κ3) is 3.94. The summed E-state index contributed by atoms with van der Waals surface area (Å²) in [6, 6.07) is 0.264. The molecule has 1 amide bonds. The maximum Gasteiger partial charge on any atom is 0.260 e. The van der Waals surface area contributed by atoms with Gasteiger partial charge in [0.2, 0.25) is 5.91 Å². The maximum absolute atomic E-state index is 12.6. The number of H-pyrrole nitrogens is 1. The van der Waals surface area contributed by atoms with E-state index in [-0.39, 0.29) is 23.3 Å². The molecular formula is C20H27N3O2S2. The lowest BCUT2D eigenvalue weighted by molar-refractivity contribution is -0.120. The molecule has 4 rings (SSSR count). The second-order valence-corrected chi connectivity index (χ2v) is 10.0. The van der Waals surface area contributed by atoms with Crippen molar-refractivity contribution >= 4 is 39.2 Å². The third-order valence-corrected chi connectivity index (χ3v) is 8.26. The molecule has 2 aliphatic rings. The Kier molecular flexibility index (Phi) is 5.60. The molecule has 3 unspecified atom stereocenters. The van der Waals surface area contributed by atoms with Crippen LogP contribution < -0.4 is 10.9 Å². The minimum Gasteiger partial charge on any atom is -0.352 e. The van der Waals surface area contributed by atoms with Crippen molar-refractivity contribution in [3.05, 3.63) is 20.8 Å². The Labute approximate surface area is 167 Å². The molecule has 2 heterocycles. The van der Waals surface area contributed by atoms with Crippen molar-refractivity contribution in [2.75, 3.05) is 5.75 Å². The molecule has 7 heteroatoms. The summed E-state index contributed by atoms with van der Waals surface area (Å²) in [6.07, 6.45) is 7.86. The van der Waals surface area contributed by atoms with Crippen LogP contribution >= 0.6 is 23.1 Å². The van der Waals surface area contributed by atoms with E-state index in [0.717, 1.165) is 35.9 Å². The average Bonchev–Trinajstić information content (AvgIpc) is 3.02. The highest BCUT2D eigenvalue weighted by Gasteiger charge is 2.28. The van der Waals surface area contributed by atoms with E-state index in [4.69, 9.17) is 0 Å². The molecule has 2 aliphatic carbocycles. The fourth-order valence-electron chi connectivity index (χ4n) is 4.38. The Morgan fingerprint density at radius 3 is 2.93 bits per heavy atom. The molecule has 146 valence electrons. The summed E-state index contributed by atoms with van der Waals surface area (Å²) in [4.78, 5) is 34.6. The Bertz CT molecular complexity index is 904. The number of amides is 1. The molecule has 1 fully saturated rings. The molecule has 0 spiro atoms. The molecule has 0 radical (unpaired) electrons. The monoisotopic (exact) mass is 405 g/mol. The Morgan fingerprint density at radius 1 is 1.26 bits per heavy atom. The van der Waals surface area contributed by atoms with E-state index in [2.05, 4.69) is 29.1 Å². The van der Waals surface area contributed by atoms with E-state index >= 15 is 0 Å².